The largest absolute Gasteiger partial charge is 0.497 e. The predicted molar refractivity (Wildman–Crippen MR) is 60.2 cm³/mol. The molecule has 1 rings (SSSR count). The van der Waals surface area contributed by atoms with Crippen LogP contribution in [0.25, 0.3) is 0 Å². The van der Waals surface area contributed by atoms with Crippen molar-refractivity contribution in [2.45, 2.75) is 12.8 Å². The maximum absolute atomic E-state index is 11.7. The second kappa shape index (κ2) is 6.12. The molecule has 0 atom stereocenters. The van der Waals surface area contributed by atoms with Gasteiger partial charge in [-0.15, -0.1) is 0 Å². The lowest BCUT2D eigenvalue weighted by molar-refractivity contribution is 0.0970. The lowest BCUT2D eigenvalue weighted by Gasteiger charge is -2.07. The molecule has 0 aliphatic rings. The topological polar surface area (TPSA) is 55.8 Å². The van der Waals surface area contributed by atoms with E-state index in [0.29, 0.717) is 29.9 Å². The number of carbonyl (C=O) groups is 1. The first-order valence-corrected chi connectivity index (χ1v) is 5.08. The van der Waals surface area contributed by atoms with Crippen molar-refractivity contribution in [2.24, 2.45) is 0 Å². The van der Waals surface area contributed by atoms with E-state index in [-0.39, 0.29) is 12.4 Å². The first-order chi connectivity index (χ1) is 7.71. The molecule has 1 N–H and O–H groups in total. The molecule has 16 heavy (non-hydrogen) atoms. The van der Waals surface area contributed by atoms with Gasteiger partial charge in [0.05, 0.1) is 14.2 Å². The Kier molecular flexibility index (Phi) is 4.79. The lowest BCUT2D eigenvalue weighted by atomic mass is 10.1. The molecular weight excluding hydrogens is 208 g/mol. The van der Waals surface area contributed by atoms with Crippen LogP contribution in [-0.4, -0.2) is 31.7 Å². The lowest BCUT2D eigenvalue weighted by Crippen LogP contribution is -2.01. The summed E-state index contributed by atoms with van der Waals surface area (Å²) in [4.78, 5) is 11.7. The van der Waals surface area contributed by atoms with E-state index in [1.165, 1.54) is 14.2 Å². The van der Waals surface area contributed by atoms with E-state index in [1.54, 1.807) is 18.2 Å². The highest BCUT2D eigenvalue weighted by atomic mass is 16.5. The Labute approximate surface area is 94.8 Å². The summed E-state index contributed by atoms with van der Waals surface area (Å²) < 4.78 is 10.1. The molecule has 1 aromatic rings. The van der Waals surface area contributed by atoms with Gasteiger partial charge in [0.15, 0.2) is 5.78 Å². The summed E-state index contributed by atoms with van der Waals surface area (Å²) in [6.07, 6.45) is 0.797. The number of carbonyl (C=O) groups excluding carboxylic acids is 1. The summed E-state index contributed by atoms with van der Waals surface area (Å²) in [5.41, 5.74) is 0.546. The first-order valence-electron chi connectivity index (χ1n) is 5.08. The minimum absolute atomic E-state index is 0.0207. The molecule has 0 fully saturated rings. The Morgan fingerprint density at radius 1 is 1.19 bits per heavy atom. The van der Waals surface area contributed by atoms with Crippen molar-refractivity contribution in [3.63, 3.8) is 0 Å². The quantitative estimate of drug-likeness (QED) is 0.746. The molecule has 0 saturated carbocycles. The van der Waals surface area contributed by atoms with Gasteiger partial charge in [0.2, 0.25) is 0 Å². The van der Waals surface area contributed by atoms with E-state index >= 15 is 0 Å². The normalized spacial score (nSPS) is 9.94. The first kappa shape index (κ1) is 12.5. The number of aliphatic hydroxyl groups excluding tert-OH is 1. The number of benzene rings is 1. The SMILES string of the molecule is COc1cc(OC)cc(C(=O)CCCO)c1. The number of rotatable bonds is 6. The molecule has 0 unspecified atom stereocenters. The molecule has 0 amide bonds. The third-order valence-corrected chi connectivity index (χ3v) is 2.24. The number of methoxy groups -OCH3 is 2. The molecule has 0 aliphatic carbocycles. The van der Waals surface area contributed by atoms with E-state index in [0.717, 1.165) is 0 Å². The van der Waals surface area contributed by atoms with Crippen LogP contribution in [0.5, 0.6) is 11.5 Å². The van der Waals surface area contributed by atoms with Gasteiger partial charge in [-0.2, -0.15) is 0 Å². The van der Waals surface area contributed by atoms with Crippen LogP contribution in [0.3, 0.4) is 0 Å². The van der Waals surface area contributed by atoms with Crippen molar-refractivity contribution >= 4 is 5.78 Å². The highest BCUT2D eigenvalue weighted by molar-refractivity contribution is 5.96. The number of ether oxygens (including phenoxy) is 2. The van der Waals surface area contributed by atoms with Crippen LogP contribution in [0, 0.1) is 0 Å². The third-order valence-electron chi connectivity index (χ3n) is 2.24. The van der Waals surface area contributed by atoms with Gasteiger partial charge in [0.1, 0.15) is 11.5 Å². The molecule has 0 heterocycles. The van der Waals surface area contributed by atoms with Crippen molar-refractivity contribution in [3.05, 3.63) is 23.8 Å². The molecule has 0 saturated heterocycles. The zero-order chi connectivity index (χ0) is 12.0. The maximum atomic E-state index is 11.7. The summed E-state index contributed by atoms with van der Waals surface area (Å²) in [6, 6.07) is 5.05. The van der Waals surface area contributed by atoms with Crippen LogP contribution in [0.1, 0.15) is 23.2 Å². The summed E-state index contributed by atoms with van der Waals surface area (Å²) in [7, 11) is 3.08. The van der Waals surface area contributed by atoms with Gasteiger partial charge in [-0.1, -0.05) is 0 Å². The zero-order valence-corrected chi connectivity index (χ0v) is 9.53. The monoisotopic (exact) mass is 224 g/mol. The molecule has 0 radical (unpaired) electrons. The average molecular weight is 224 g/mol. The smallest absolute Gasteiger partial charge is 0.163 e. The molecule has 88 valence electrons. The molecule has 0 aliphatic heterocycles. The highest BCUT2D eigenvalue weighted by Gasteiger charge is 2.09. The number of aliphatic hydroxyl groups is 1. The molecule has 4 heteroatoms. The summed E-state index contributed by atoms with van der Waals surface area (Å²) >= 11 is 0. The fourth-order valence-corrected chi connectivity index (χ4v) is 1.35. The fraction of sp³-hybridized carbons (Fsp3) is 0.417. The van der Waals surface area contributed by atoms with E-state index in [2.05, 4.69) is 0 Å². The van der Waals surface area contributed by atoms with Crippen molar-refractivity contribution in [2.75, 3.05) is 20.8 Å². The van der Waals surface area contributed by atoms with Crippen LogP contribution >= 0.6 is 0 Å². The van der Waals surface area contributed by atoms with Crippen molar-refractivity contribution in [3.8, 4) is 11.5 Å². The number of hydrogen-bond acceptors (Lipinski definition) is 4. The molecular formula is C12H16O4. The van der Waals surface area contributed by atoms with Crippen LogP contribution in [0.2, 0.25) is 0 Å². The van der Waals surface area contributed by atoms with Crippen LogP contribution in [0.4, 0.5) is 0 Å². The van der Waals surface area contributed by atoms with Gasteiger partial charge in [-0.25, -0.2) is 0 Å². The Bertz CT molecular complexity index is 338. The Balaban J connectivity index is 2.89. The number of hydrogen-bond donors (Lipinski definition) is 1. The van der Waals surface area contributed by atoms with Crippen molar-refractivity contribution in [1.29, 1.82) is 0 Å². The van der Waals surface area contributed by atoms with E-state index < -0.39 is 0 Å². The van der Waals surface area contributed by atoms with Gasteiger partial charge in [-0.3, -0.25) is 4.79 Å². The van der Waals surface area contributed by atoms with E-state index in [1.807, 2.05) is 0 Å². The number of Topliss-reactive ketones (excluding diaryl/α,β-unsaturated/α-hetero) is 1. The number of ketones is 1. The Morgan fingerprint density at radius 2 is 1.75 bits per heavy atom. The second-order valence-corrected chi connectivity index (χ2v) is 3.35. The summed E-state index contributed by atoms with van der Waals surface area (Å²) in [5.74, 6) is 1.16. The van der Waals surface area contributed by atoms with Gasteiger partial charge in [-0.05, 0) is 18.6 Å². The minimum atomic E-state index is -0.0220. The van der Waals surface area contributed by atoms with E-state index in [9.17, 15) is 4.79 Å². The van der Waals surface area contributed by atoms with Crippen LogP contribution in [0.15, 0.2) is 18.2 Å². The molecule has 0 spiro atoms. The summed E-state index contributed by atoms with van der Waals surface area (Å²) in [5, 5.41) is 8.66. The second-order valence-electron chi connectivity index (χ2n) is 3.35. The minimum Gasteiger partial charge on any atom is -0.497 e. The Hall–Kier alpha value is -1.55. The highest BCUT2D eigenvalue weighted by Crippen LogP contribution is 2.23. The van der Waals surface area contributed by atoms with Crippen molar-refractivity contribution < 1.29 is 19.4 Å². The standard InChI is InChI=1S/C12H16O4/c1-15-10-6-9(7-11(8-10)16-2)12(14)4-3-5-13/h6-8,13H,3-5H2,1-2H3. The maximum Gasteiger partial charge on any atom is 0.163 e. The van der Waals surface area contributed by atoms with Crippen molar-refractivity contribution in [1.82, 2.24) is 0 Å². The van der Waals surface area contributed by atoms with Gasteiger partial charge >= 0.3 is 0 Å². The van der Waals surface area contributed by atoms with Crippen LogP contribution in [-0.2, 0) is 0 Å². The van der Waals surface area contributed by atoms with Gasteiger partial charge in [0.25, 0.3) is 0 Å². The molecule has 0 bridgehead atoms. The predicted octanol–water partition coefficient (Wildman–Crippen LogP) is 1.66. The third kappa shape index (κ3) is 3.24. The summed E-state index contributed by atoms with van der Waals surface area (Å²) in [6.45, 7) is 0.0207. The fourth-order valence-electron chi connectivity index (χ4n) is 1.35. The van der Waals surface area contributed by atoms with Crippen LogP contribution < -0.4 is 9.47 Å². The molecule has 1 aromatic carbocycles. The van der Waals surface area contributed by atoms with Gasteiger partial charge < -0.3 is 14.6 Å². The molecule has 0 aromatic heterocycles. The van der Waals surface area contributed by atoms with E-state index in [4.69, 9.17) is 14.6 Å². The Morgan fingerprint density at radius 3 is 2.19 bits per heavy atom. The molecule has 4 nitrogen and oxygen atoms in total. The average Bonchev–Trinajstić information content (AvgIpc) is 2.35. The van der Waals surface area contributed by atoms with Gasteiger partial charge in [0, 0.05) is 24.7 Å². The zero-order valence-electron chi connectivity index (χ0n) is 9.53.